The number of phenols is 2. The average Bonchev–Trinajstić information content (AvgIpc) is 2.77. The van der Waals surface area contributed by atoms with Crippen LogP contribution in [0.25, 0.3) is 17.2 Å². The second-order valence-electron chi connectivity index (χ2n) is 7.01. The van der Waals surface area contributed by atoms with Gasteiger partial charge in [-0.3, -0.25) is 9.59 Å². The Morgan fingerprint density at radius 3 is 2.35 bits per heavy atom. The molecule has 0 aromatic heterocycles. The number of hydrogen-bond donors (Lipinski definition) is 2. The Hall–Kier alpha value is -3.93. The molecule has 31 heavy (non-hydrogen) atoms. The number of allylic oxidation sites excluding steroid dienone is 1. The van der Waals surface area contributed by atoms with Gasteiger partial charge in [0.15, 0.2) is 5.78 Å². The van der Waals surface area contributed by atoms with Gasteiger partial charge in [-0.15, -0.1) is 0 Å². The Labute approximate surface area is 179 Å². The van der Waals surface area contributed by atoms with Crippen LogP contribution in [0.5, 0.6) is 11.5 Å². The van der Waals surface area contributed by atoms with E-state index in [0.717, 1.165) is 0 Å². The van der Waals surface area contributed by atoms with Gasteiger partial charge in [-0.1, -0.05) is 36.4 Å². The van der Waals surface area contributed by atoms with Crippen LogP contribution in [0.1, 0.15) is 34.3 Å². The molecule has 5 nitrogen and oxygen atoms in total. The average molecular weight is 420 g/mol. The van der Waals surface area contributed by atoms with Gasteiger partial charge in [0.05, 0.1) is 18.6 Å². The zero-order valence-electron chi connectivity index (χ0n) is 17.0. The van der Waals surface area contributed by atoms with Crippen molar-refractivity contribution in [1.29, 1.82) is 0 Å². The van der Waals surface area contributed by atoms with Gasteiger partial charge in [-0.2, -0.15) is 0 Å². The van der Waals surface area contributed by atoms with Crippen molar-refractivity contribution in [2.75, 3.05) is 7.11 Å². The van der Waals surface area contributed by atoms with Crippen molar-refractivity contribution in [3.63, 3.8) is 0 Å². The quantitative estimate of drug-likeness (QED) is 0.330. The first-order chi connectivity index (χ1) is 14.8. The number of carbonyl (C=O) groups excluding carboxylic acids is 2. The summed E-state index contributed by atoms with van der Waals surface area (Å²) in [6.45, 7) is 1.62. The number of hydrogen-bond acceptors (Lipinski definition) is 5. The molecule has 3 rings (SSSR count). The van der Waals surface area contributed by atoms with E-state index in [1.807, 2.05) is 0 Å². The number of esters is 1. The Bertz CT molecular complexity index is 1150. The maximum atomic E-state index is 14.8. The molecule has 0 bridgehead atoms. The summed E-state index contributed by atoms with van der Waals surface area (Å²) >= 11 is 0. The summed E-state index contributed by atoms with van der Waals surface area (Å²) in [5.74, 6) is -2.20. The fourth-order valence-corrected chi connectivity index (χ4v) is 3.10. The summed E-state index contributed by atoms with van der Waals surface area (Å²) < 4.78 is 19.5. The topological polar surface area (TPSA) is 83.8 Å². The number of halogens is 1. The predicted octanol–water partition coefficient (Wildman–Crippen LogP) is 5.08. The third-order valence-electron chi connectivity index (χ3n) is 4.94. The van der Waals surface area contributed by atoms with E-state index in [1.165, 1.54) is 55.7 Å². The second kappa shape index (κ2) is 9.26. The Morgan fingerprint density at radius 1 is 1.00 bits per heavy atom. The molecular formula is C25H21FO5. The molecule has 0 aliphatic carbocycles. The first-order valence-electron chi connectivity index (χ1n) is 9.52. The van der Waals surface area contributed by atoms with Crippen molar-refractivity contribution in [2.45, 2.75) is 12.8 Å². The summed E-state index contributed by atoms with van der Waals surface area (Å²) in [6.07, 6.45) is 2.85. The fourth-order valence-electron chi connectivity index (χ4n) is 3.10. The molecule has 158 valence electrons. The molecule has 0 saturated carbocycles. The highest BCUT2D eigenvalue weighted by Gasteiger charge is 2.18. The lowest BCUT2D eigenvalue weighted by atomic mass is 9.95. The Balaban J connectivity index is 1.89. The molecule has 1 unspecified atom stereocenters. The van der Waals surface area contributed by atoms with Crippen LogP contribution >= 0.6 is 0 Å². The van der Waals surface area contributed by atoms with Crippen molar-refractivity contribution in [2.24, 2.45) is 0 Å². The zero-order valence-corrected chi connectivity index (χ0v) is 17.0. The molecule has 6 heteroatoms. The van der Waals surface area contributed by atoms with Crippen molar-refractivity contribution in [3.8, 4) is 22.6 Å². The van der Waals surface area contributed by atoms with Crippen LogP contribution in [0.3, 0.4) is 0 Å². The smallest absolute Gasteiger partial charge is 0.312 e. The van der Waals surface area contributed by atoms with Gasteiger partial charge >= 0.3 is 5.97 Å². The minimum absolute atomic E-state index is 0.0268. The largest absolute Gasteiger partial charge is 0.508 e. The summed E-state index contributed by atoms with van der Waals surface area (Å²) in [5, 5.41) is 19.4. The number of carbonyl (C=O) groups is 2. The molecule has 2 N–H and O–H groups in total. The van der Waals surface area contributed by atoms with Gasteiger partial charge < -0.3 is 14.9 Å². The normalized spacial score (nSPS) is 12.0. The Morgan fingerprint density at radius 2 is 1.71 bits per heavy atom. The monoisotopic (exact) mass is 420 g/mol. The van der Waals surface area contributed by atoms with Crippen LogP contribution in [0.2, 0.25) is 0 Å². The molecule has 0 amide bonds. The van der Waals surface area contributed by atoms with Gasteiger partial charge in [0.2, 0.25) is 0 Å². The molecular weight excluding hydrogens is 399 g/mol. The summed E-state index contributed by atoms with van der Waals surface area (Å²) in [5.41, 5.74) is 1.84. The van der Waals surface area contributed by atoms with Crippen molar-refractivity contribution < 1.29 is 28.9 Å². The summed E-state index contributed by atoms with van der Waals surface area (Å²) in [4.78, 5) is 24.3. The first-order valence-corrected chi connectivity index (χ1v) is 9.52. The molecule has 0 radical (unpaired) electrons. The minimum Gasteiger partial charge on any atom is -0.508 e. The number of aromatic hydroxyl groups is 2. The van der Waals surface area contributed by atoms with E-state index in [1.54, 1.807) is 31.2 Å². The van der Waals surface area contributed by atoms with Crippen LogP contribution in [0, 0.1) is 5.82 Å². The molecule has 0 aliphatic rings. The highest BCUT2D eigenvalue weighted by atomic mass is 19.1. The number of rotatable bonds is 6. The SMILES string of the molecule is COC(=O)C(C)c1ccc(-c2ccc(O)c(C(=O)/C=C/c3ccc(O)cc3)c2)c(F)c1. The van der Waals surface area contributed by atoms with Crippen LogP contribution < -0.4 is 0 Å². The minimum atomic E-state index is -0.615. The Kier molecular flexibility index (Phi) is 6.50. The van der Waals surface area contributed by atoms with Gasteiger partial charge in [0.25, 0.3) is 0 Å². The summed E-state index contributed by atoms with van der Waals surface area (Å²) in [6, 6.07) is 14.9. The van der Waals surface area contributed by atoms with E-state index in [9.17, 15) is 24.2 Å². The molecule has 0 spiro atoms. The fraction of sp³-hybridized carbons (Fsp3) is 0.120. The van der Waals surface area contributed by atoms with Crippen LogP contribution in [0.15, 0.2) is 66.7 Å². The molecule has 0 aliphatic heterocycles. The van der Waals surface area contributed by atoms with E-state index in [2.05, 4.69) is 0 Å². The van der Waals surface area contributed by atoms with E-state index in [0.29, 0.717) is 16.7 Å². The lowest BCUT2D eigenvalue weighted by molar-refractivity contribution is -0.142. The maximum absolute atomic E-state index is 14.8. The zero-order chi connectivity index (χ0) is 22.5. The van der Waals surface area contributed by atoms with E-state index < -0.39 is 23.5 Å². The number of ether oxygens (including phenoxy) is 1. The number of phenolic OH excluding ortho intramolecular Hbond substituents is 2. The second-order valence-corrected chi connectivity index (χ2v) is 7.01. The molecule has 0 saturated heterocycles. The van der Waals surface area contributed by atoms with Crippen LogP contribution in [-0.2, 0) is 9.53 Å². The van der Waals surface area contributed by atoms with E-state index >= 15 is 0 Å². The first kappa shape index (κ1) is 21.8. The molecule has 0 fully saturated rings. The lowest BCUT2D eigenvalue weighted by Crippen LogP contribution is -2.11. The third-order valence-corrected chi connectivity index (χ3v) is 4.94. The number of benzene rings is 3. The van der Waals surface area contributed by atoms with Crippen LogP contribution in [-0.4, -0.2) is 29.1 Å². The van der Waals surface area contributed by atoms with Gasteiger partial charge in [-0.25, -0.2) is 4.39 Å². The number of methoxy groups -OCH3 is 1. The molecule has 3 aromatic rings. The van der Waals surface area contributed by atoms with Crippen LogP contribution in [0.4, 0.5) is 4.39 Å². The van der Waals surface area contributed by atoms with Gasteiger partial charge in [0, 0.05) is 5.56 Å². The lowest BCUT2D eigenvalue weighted by Gasteiger charge is -2.12. The highest BCUT2D eigenvalue weighted by molar-refractivity contribution is 6.09. The predicted molar refractivity (Wildman–Crippen MR) is 115 cm³/mol. The van der Waals surface area contributed by atoms with Crippen molar-refractivity contribution in [1.82, 2.24) is 0 Å². The third kappa shape index (κ3) is 4.98. The number of ketones is 1. The van der Waals surface area contributed by atoms with Gasteiger partial charge in [-0.05, 0) is 60.0 Å². The molecule has 1 atom stereocenters. The highest BCUT2D eigenvalue weighted by Crippen LogP contribution is 2.30. The van der Waals surface area contributed by atoms with Gasteiger partial charge in [0.1, 0.15) is 17.3 Å². The van der Waals surface area contributed by atoms with E-state index in [4.69, 9.17) is 4.74 Å². The van der Waals surface area contributed by atoms with Crippen molar-refractivity contribution in [3.05, 3.63) is 89.2 Å². The standard InChI is InChI=1S/C25H21FO5/c1-15(25(30)31-2)17-6-10-20(22(26)14-17)18-7-12-24(29)21(13-18)23(28)11-5-16-3-8-19(27)9-4-16/h3-15,27,29H,1-2H3/b11-5+. The molecule has 3 aromatic carbocycles. The maximum Gasteiger partial charge on any atom is 0.312 e. The summed E-state index contributed by atoms with van der Waals surface area (Å²) in [7, 11) is 1.27. The van der Waals surface area contributed by atoms with E-state index in [-0.39, 0.29) is 22.6 Å². The molecule has 0 heterocycles. The van der Waals surface area contributed by atoms with Crippen molar-refractivity contribution >= 4 is 17.8 Å².